The minimum absolute atomic E-state index is 0.0260. The van der Waals surface area contributed by atoms with Crippen LogP contribution in [-0.2, 0) is 19.5 Å². The SMILES string of the molecule is Nc1c(N2CCOc3ccc(CNC(=O)c4cc(C(=O)N[C@H]5CCc6cc(-c7noc(=O)[nH]7)ccc65)ncn4)cc3C2)c(=O)c1=O. The quantitative estimate of drug-likeness (QED) is 0.185. The Hall–Kier alpha value is -6.12. The number of ether oxygens (including phenoxy) is 1. The number of rotatable bonds is 7. The minimum atomic E-state index is -0.676. The first-order valence-corrected chi connectivity index (χ1v) is 14.4. The van der Waals surface area contributed by atoms with Crippen molar-refractivity contribution >= 4 is 23.2 Å². The van der Waals surface area contributed by atoms with Gasteiger partial charge in [-0.3, -0.25) is 28.7 Å². The summed E-state index contributed by atoms with van der Waals surface area (Å²) in [6, 6.07) is 12.1. The number of aryl methyl sites for hydroxylation is 1. The number of amides is 2. The topological polar surface area (TPSA) is 215 Å². The van der Waals surface area contributed by atoms with Crippen molar-refractivity contribution in [3.05, 3.63) is 113 Å². The molecule has 3 aromatic carbocycles. The van der Waals surface area contributed by atoms with Gasteiger partial charge in [-0.05, 0) is 47.7 Å². The molecule has 0 spiro atoms. The van der Waals surface area contributed by atoms with E-state index >= 15 is 0 Å². The first-order chi connectivity index (χ1) is 22.2. The molecule has 0 radical (unpaired) electrons. The summed E-state index contributed by atoms with van der Waals surface area (Å²) in [7, 11) is 0. The van der Waals surface area contributed by atoms with Crippen LogP contribution < -0.4 is 42.6 Å². The lowest BCUT2D eigenvalue weighted by Crippen LogP contribution is -2.43. The average molecular weight is 623 g/mol. The van der Waals surface area contributed by atoms with Crippen LogP contribution in [0.4, 0.5) is 11.4 Å². The summed E-state index contributed by atoms with van der Waals surface area (Å²) in [4.78, 5) is 73.5. The molecule has 1 aliphatic heterocycles. The third-order valence-electron chi connectivity index (χ3n) is 8.17. The Morgan fingerprint density at radius 3 is 2.61 bits per heavy atom. The molecule has 2 aliphatic rings. The summed E-state index contributed by atoms with van der Waals surface area (Å²) in [6.07, 6.45) is 2.55. The Bertz CT molecular complexity index is 2150. The van der Waals surface area contributed by atoms with E-state index in [-0.39, 0.29) is 35.3 Å². The molecule has 15 nitrogen and oxygen atoms in total. The average Bonchev–Trinajstić information content (AvgIpc) is 3.63. The van der Waals surface area contributed by atoms with Crippen LogP contribution in [-0.4, -0.2) is 45.1 Å². The molecule has 5 aromatic rings. The number of nitrogens with one attached hydrogen (secondary N) is 3. The highest BCUT2D eigenvalue weighted by Crippen LogP contribution is 2.34. The lowest BCUT2D eigenvalue weighted by molar-refractivity contribution is 0.0931. The fourth-order valence-electron chi connectivity index (χ4n) is 5.84. The molecule has 0 fully saturated rings. The highest BCUT2D eigenvalue weighted by molar-refractivity contribution is 5.97. The zero-order valence-electron chi connectivity index (χ0n) is 24.2. The second kappa shape index (κ2) is 11.4. The van der Waals surface area contributed by atoms with Gasteiger partial charge in [0.1, 0.15) is 41.4 Å². The molecule has 5 N–H and O–H groups in total. The molecule has 1 atom stereocenters. The molecule has 3 heterocycles. The molecule has 232 valence electrons. The number of aromatic nitrogens is 4. The van der Waals surface area contributed by atoms with Crippen molar-refractivity contribution in [2.75, 3.05) is 23.8 Å². The maximum absolute atomic E-state index is 13.1. The van der Waals surface area contributed by atoms with Gasteiger partial charge in [0.25, 0.3) is 22.7 Å². The number of hydrogen-bond acceptors (Lipinski definition) is 12. The molecule has 0 saturated heterocycles. The Balaban J connectivity index is 0.991. The Kier molecular flexibility index (Phi) is 7.11. The van der Waals surface area contributed by atoms with E-state index in [4.69, 9.17) is 10.5 Å². The van der Waals surface area contributed by atoms with E-state index in [0.717, 1.165) is 22.3 Å². The highest BCUT2D eigenvalue weighted by Gasteiger charge is 2.28. The summed E-state index contributed by atoms with van der Waals surface area (Å²) < 4.78 is 10.4. The van der Waals surface area contributed by atoms with Crippen LogP contribution in [0.15, 0.2) is 67.7 Å². The molecule has 2 amide bonds. The van der Waals surface area contributed by atoms with Crippen molar-refractivity contribution in [3.63, 3.8) is 0 Å². The summed E-state index contributed by atoms with van der Waals surface area (Å²) in [5.74, 6) is -0.609. The third-order valence-corrected chi connectivity index (χ3v) is 8.17. The van der Waals surface area contributed by atoms with Crippen molar-refractivity contribution < 1.29 is 18.8 Å². The molecular formula is C31H26N8O7. The zero-order chi connectivity index (χ0) is 31.9. The van der Waals surface area contributed by atoms with Gasteiger partial charge < -0.3 is 26.0 Å². The lowest BCUT2D eigenvalue weighted by Gasteiger charge is -2.24. The highest BCUT2D eigenvalue weighted by atomic mass is 16.5. The van der Waals surface area contributed by atoms with E-state index in [1.54, 1.807) is 17.0 Å². The summed E-state index contributed by atoms with van der Waals surface area (Å²) in [6.45, 7) is 1.17. The number of carbonyl (C=O) groups excluding carboxylic acids is 2. The Labute approximate surface area is 259 Å². The van der Waals surface area contributed by atoms with Gasteiger partial charge in [0.15, 0.2) is 5.82 Å². The molecule has 15 heteroatoms. The fourth-order valence-corrected chi connectivity index (χ4v) is 5.84. The molecule has 7 rings (SSSR count). The van der Waals surface area contributed by atoms with Gasteiger partial charge >= 0.3 is 5.76 Å². The number of carbonyl (C=O) groups is 2. The molecule has 0 unspecified atom stereocenters. The van der Waals surface area contributed by atoms with Crippen LogP contribution in [0, 0.1) is 0 Å². The van der Waals surface area contributed by atoms with Crippen LogP contribution >= 0.6 is 0 Å². The third kappa shape index (κ3) is 5.27. The number of anilines is 2. The predicted octanol–water partition coefficient (Wildman–Crippen LogP) is 0.744. The Morgan fingerprint density at radius 1 is 1.00 bits per heavy atom. The number of fused-ring (bicyclic) bond motifs is 2. The van der Waals surface area contributed by atoms with E-state index in [2.05, 4.69) is 35.3 Å². The van der Waals surface area contributed by atoms with Gasteiger partial charge in [0, 0.05) is 30.3 Å². The first-order valence-electron chi connectivity index (χ1n) is 14.4. The largest absolute Gasteiger partial charge is 0.491 e. The normalized spacial score (nSPS) is 15.5. The van der Waals surface area contributed by atoms with Gasteiger partial charge in [0.2, 0.25) is 0 Å². The van der Waals surface area contributed by atoms with Crippen LogP contribution in [0.1, 0.15) is 55.7 Å². The zero-order valence-corrected chi connectivity index (χ0v) is 24.2. The minimum Gasteiger partial charge on any atom is -0.491 e. The number of aromatic amines is 1. The smallest absolute Gasteiger partial charge is 0.439 e. The number of nitrogens with two attached hydrogens (primary N) is 1. The van der Waals surface area contributed by atoms with E-state index in [9.17, 15) is 24.0 Å². The van der Waals surface area contributed by atoms with Crippen molar-refractivity contribution in [2.45, 2.75) is 32.0 Å². The summed E-state index contributed by atoms with van der Waals surface area (Å²) in [5, 5.41) is 9.51. The maximum atomic E-state index is 13.1. The van der Waals surface area contributed by atoms with Gasteiger partial charge in [0.05, 0.1) is 12.6 Å². The number of benzene rings is 2. The van der Waals surface area contributed by atoms with E-state index in [1.165, 1.54) is 12.4 Å². The number of nitrogens with zero attached hydrogens (tertiary/aromatic N) is 4. The summed E-state index contributed by atoms with van der Waals surface area (Å²) in [5.41, 5.74) is 8.92. The van der Waals surface area contributed by atoms with Crippen LogP contribution in [0.5, 0.6) is 5.75 Å². The molecule has 2 aromatic heterocycles. The number of hydrogen-bond donors (Lipinski definition) is 4. The second-order valence-corrected chi connectivity index (χ2v) is 11.0. The van der Waals surface area contributed by atoms with Crippen molar-refractivity contribution in [1.82, 2.24) is 30.7 Å². The molecule has 46 heavy (non-hydrogen) atoms. The van der Waals surface area contributed by atoms with Crippen molar-refractivity contribution in [2.24, 2.45) is 0 Å². The van der Waals surface area contributed by atoms with Gasteiger partial charge in [-0.25, -0.2) is 14.8 Å². The van der Waals surface area contributed by atoms with Crippen molar-refractivity contribution in [1.29, 1.82) is 0 Å². The number of nitrogen functional groups attached to an aromatic ring is 1. The van der Waals surface area contributed by atoms with E-state index < -0.39 is 28.4 Å². The fraction of sp³-hybridized carbons (Fsp3) is 0.226. The second-order valence-electron chi connectivity index (χ2n) is 11.0. The standard InChI is InChI=1S/C31H26N8O7/c32-24-25(27(41)26(24)40)39-7-8-45-23-6-1-15(9-18(23)13-39)12-33-29(42)21-11-22(35-14-34-21)30(43)36-20-5-3-16-10-17(2-4-19(16)20)28-37-31(44)46-38-28/h1-2,4,6,9-11,14,20H,3,5,7-8,12-13,32H2,(H,33,42)(H,36,43)(H,37,38,44)/t20-/m0/s1. The van der Waals surface area contributed by atoms with Gasteiger partial charge in [-0.1, -0.05) is 23.4 Å². The molecule has 0 bridgehead atoms. The maximum Gasteiger partial charge on any atom is 0.439 e. The van der Waals surface area contributed by atoms with Crippen LogP contribution in [0.2, 0.25) is 0 Å². The Morgan fingerprint density at radius 2 is 1.83 bits per heavy atom. The first kappa shape index (κ1) is 28.6. The molecular weight excluding hydrogens is 596 g/mol. The van der Waals surface area contributed by atoms with E-state index in [0.29, 0.717) is 49.7 Å². The van der Waals surface area contributed by atoms with E-state index in [1.807, 2.05) is 24.3 Å². The molecule has 1 aliphatic carbocycles. The lowest BCUT2D eigenvalue weighted by atomic mass is 10.0. The van der Waals surface area contributed by atoms with Crippen LogP contribution in [0.3, 0.4) is 0 Å². The summed E-state index contributed by atoms with van der Waals surface area (Å²) >= 11 is 0. The van der Waals surface area contributed by atoms with Gasteiger partial charge in [-0.15, -0.1) is 0 Å². The monoisotopic (exact) mass is 622 g/mol. The van der Waals surface area contributed by atoms with Crippen LogP contribution in [0.25, 0.3) is 11.4 Å². The number of H-pyrrole nitrogens is 1. The molecule has 0 saturated carbocycles. The van der Waals surface area contributed by atoms with Gasteiger partial charge in [-0.2, -0.15) is 0 Å². The predicted molar refractivity (Wildman–Crippen MR) is 163 cm³/mol. The van der Waals surface area contributed by atoms with Crippen molar-refractivity contribution in [3.8, 4) is 17.1 Å².